The smallest absolute Gasteiger partial charge is 0.222 e. The predicted octanol–water partition coefficient (Wildman–Crippen LogP) is 2.17. The second kappa shape index (κ2) is 4.27. The van der Waals surface area contributed by atoms with Crippen LogP contribution in [0.25, 0.3) is 0 Å². The number of carbonyl (C=O) groups excluding carboxylic acids is 1. The van der Waals surface area contributed by atoms with Gasteiger partial charge in [0.15, 0.2) is 11.8 Å². The van der Waals surface area contributed by atoms with Crippen LogP contribution < -0.4 is 0 Å². The summed E-state index contributed by atoms with van der Waals surface area (Å²) in [4.78, 5) is 22.7. The number of aliphatic imine (C=N–C) groups is 2. The molecule has 1 amide bonds. The van der Waals surface area contributed by atoms with Crippen molar-refractivity contribution in [2.24, 2.45) is 15.9 Å². The van der Waals surface area contributed by atoms with Crippen LogP contribution in [0.3, 0.4) is 0 Å². The number of carbonyl (C=O) groups is 1. The number of quaternary nitrogens is 1. The van der Waals surface area contributed by atoms with Crippen molar-refractivity contribution in [2.45, 2.75) is 31.7 Å². The molecule has 0 radical (unpaired) electrons. The van der Waals surface area contributed by atoms with Crippen molar-refractivity contribution in [3.63, 3.8) is 0 Å². The van der Waals surface area contributed by atoms with Gasteiger partial charge in [-0.05, 0) is 19.3 Å². The molecule has 3 atom stereocenters. The van der Waals surface area contributed by atoms with Gasteiger partial charge in [-0.3, -0.25) is 9.79 Å². The molecule has 20 heavy (non-hydrogen) atoms. The number of amides is 1. The number of nitrogens with zero attached hydrogens (tertiary/aromatic N) is 4. The molecule has 0 spiro atoms. The van der Waals surface area contributed by atoms with Crippen molar-refractivity contribution in [3.05, 3.63) is 23.8 Å². The third kappa shape index (κ3) is 1.70. The molecule has 0 aromatic heterocycles. The SMILES string of the molecule is O=C1CC[C@@H]2CCC(C3=C4C=NC=C[N+]4(Cl)C=N3)CN12. The number of hydrogen-bond donors (Lipinski definition) is 0. The Hall–Kier alpha value is -1.46. The van der Waals surface area contributed by atoms with Crippen molar-refractivity contribution in [1.82, 2.24) is 4.90 Å². The Morgan fingerprint density at radius 3 is 3.15 bits per heavy atom. The van der Waals surface area contributed by atoms with E-state index in [1.165, 1.54) is 0 Å². The van der Waals surface area contributed by atoms with E-state index in [4.69, 9.17) is 11.8 Å². The Morgan fingerprint density at radius 1 is 1.35 bits per heavy atom. The lowest BCUT2D eigenvalue weighted by atomic mass is 9.90. The van der Waals surface area contributed by atoms with Crippen LogP contribution in [-0.2, 0) is 4.79 Å². The zero-order valence-corrected chi connectivity index (χ0v) is 11.8. The minimum absolute atomic E-state index is 0.0761. The monoisotopic (exact) mass is 291 g/mol. The second-order valence-electron chi connectivity index (χ2n) is 5.79. The standard InChI is InChI=1S/C14H16ClN4O/c15-19-6-5-16-7-12(19)14(17-9-19)10-1-2-11-3-4-13(20)18(11)8-10/h5-7,9-11H,1-4,8H2/q+1/t10?,11-,19?/m0/s1. The fraction of sp³-hybridized carbons (Fsp3) is 0.500. The molecular weight excluding hydrogens is 276 g/mol. The Bertz CT molecular complexity index is 594. The van der Waals surface area contributed by atoms with Gasteiger partial charge in [-0.1, -0.05) is 0 Å². The topological polar surface area (TPSA) is 45.0 Å². The Balaban J connectivity index is 1.64. The van der Waals surface area contributed by atoms with Crippen LogP contribution in [0.4, 0.5) is 0 Å². The summed E-state index contributed by atoms with van der Waals surface area (Å²) in [5, 5.41) is 0. The highest BCUT2D eigenvalue weighted by atomic mass is 35.5. The minimum atomic E-state index is 0.0761. The lowest BCUT2D eigenvalue weighted by Crippen LogP contribution is -2.42. The summed E-state index contributed by atoms with van der Waals surface area (Å²) in [6.45, 7) is 0.772. The van der Waals surface area contributed by atoms with Crippen molar-refractivity contribution in [1.29, 1.82) is 0 Å². The number of piperidine rings is 1. The fourth-order valence-corrected chi connectivity index (χ4v) is 3.80. The van der Waals surface area contributed by atoms with Crippen molar-refractivity contribution in [3.8, 4) is 0 Å². The zero-order chi connectivity index (χ0) is 13.7. The number of halogens is 1. The van der Waals surface area contributed by atoms with E-state index in [2.05, 4.69) is 9.98 Å². The van der Waals surface area contributed by atoms with Crippen LogP contribution >= 0.6 is 11.8 Å². The van der Waals surface area contributed by atoms with Gasteiger partial charge in [0.1, 0.15) is 11.9 Å². The first-order valence-electron chi connectivity index (χ1n) is 7.06. The van der Waals surface area contributed by atoms with Gasteiger partial charge in [0.2, 0.25) is 17.9 Å². The summed E-state index contributed by atoms with van der Waals surface area (Å²) in [7, 11) is 0. The summed E-state index contributed by atoms with van der Waals surface area (Å²) in [5.41, 5.74) is 1.91. The third-order valence-electron chi connectivity index (χ3n) is 4.67. The molecule has 2 fully saturated rings. The van der Waals surface area contributed by atoms with Gasteiger partial charge in [0.25, 0.3) is 0 Å². The van der Waals surface area contributed by atoms with E-state index in [-0.39, 0.29) is 15.8 Å². The molecular formula is C14H16ClN4O+. The van der Waals surface area contributed by atoms with Gasteiger partial charge in [-0.2, -0.15) is 4.99 Å². The number of fused-ring (bicyclic) bond motifs is 2. The number of allylic oxidation sites excluding steroid dienone is 1. The van der Waals surface area contributed by atoms with E-state index >= 15 is 0 Å². The molecule has 4 aliphatic heterocycles. The van der Waals surface area contributed by atoms with Crippen LogP contribution in [-0.4, -0.2) is 39.9 Å². The van der Waals surface area contributed by atoms with E-state index in [1.807, 2.05) is 4.90 Å². The molecule has 2 saturated heterocycles. The molecule has 104 valence electrons. The van der Waals surface area contributed by atoms with Crippen molar-refractivity contribution >= 4 is 30.2 Å². The highest BCUT2D eigenvalue weighted by Gasteiger charge is 2.43. The third-order valence-corrected chi connectivity index (χ3v) is 5.05. The Kier molecular flexibility index (Phi) is 2.62. The average molecular weight is 292 g/mol. The molecule has 0 aliphatic carbocycles. The van der Waals surface area contributed by atoms with E-state index in [0.717, 1.165) is 37.2 Å². The maximum absolute atomic E-state index is 11.9. The summed E-state index contributed by atoms with van der Waals surface area (Å²) in [6, 6.07) is 0.449. The second-order valence-corrected chi connectivity index (χ2v) is 6.35. The summed E-state index contributed by atoms with van der Waals surface area (Å²) in [5.74, 6) is 0.562. The largest absolute Gasteiger partial charge is 0.339 e. The molecule has 2 unspecified atom stereocenters. The van der Waals surface area contributed by atoms with E-state index in [1.54, 1.807) is 25.0 Å². The van der Waals surface area contributed by atoms with Crippen molar-refractivity contribution < 1.29 is 8.80 Å². The first-order chi connectivity index (χ1) is 9.67. The highest BCUT2D eigenvalue weighted by molar-refractivity contribution is 6.14. The lowest BCUT2D eigenvalue weighted by Gasteiger charge is -2.35. The van der Waals surface area contributed by atoms with Gasteiger partial charge in [-0.25, -0.2) is 0 Å². The van der Waals surface area contributed by atoms with Crippen LogP contribution in [0.1, 0.15) is 25.7 Å². The first kappa shape index (κ1) is 12.3. The maximum atomic E-state index is 11.9. The molecule has 4 aliphatic rings. The van der Waals surface area contributed by atoms with Crippen LogP contribution in [0.2, 0.25) is 0 Å². The predicted molar refractivity (Wildman–Crippen MR) is 76.7 cm³/mol. The van der Waals surface area contributed by atoms with E-state index < -0.39 is 0 Å². The molecule has 0 N–H and O–H groups in total. The molecule has 0 bridgehead atoms. The van der Waals surface area contributed by atoms with Gasteiger partial charge >= 0.3 is 0 Å². The van der Waals surface area contributed by atoms with Gasteiger partial charge in [0.05, 0.1) is 12.4 Å². The fourth-order valence-electron chi connectivity index (χ4n) is 3.58. The zero-order valence-electron chi connectivity index (χ0n) is 11.1. The van der Waals surface area contributed by atoms with Gasteiger partial charge in [0, 0.05) is 24.9 Å². The minimum Gasteiger partial charge on any atom is -0.339 e. The van der Waals surface area contributed by atoms with E-state index in [9.17, 15) is 4.79 Å². The summed E-state index contributed by atoms with van der Waals surface area (Å²) in [6.07, 6.45) is 10.9. The van der Waals surface area contributed by atoms with E-state index in [0.29, 0.717) is 12.5 Å². The molecule has 0 aromatic carbocycles. The lowest BCUT2D eigenvalue weighted by molar-refractivity contribution is -0.592. The first-order valence-corrected chi connectivity index (χ1v) is 7.39. The molecule has 6 heteroatoms. The Morgan fingerprint density at radius 2 is 2.25 bits per heavy atom. The number of rotatable bonds is 1. The molecule has 5 nitrogen and oxygen atoms in total. The summed E-state index contributed by atoms with van der Waals surface area (Å²) < 4.78 is 0.0761. The normalized spacial score (nSPS) is 38.6. The summed E-state index contributed by atoms with van der Waals surface area (Å²) >= 11 is 6.50. The molecule has 4 rings (SSSR count). The van der Waals surface area contributed by atoms with Crippen LogP contribution in [0.5, 0.6) is 0 Å². The number of hydrogen-bond acceptors (Lipinski definition) is 3. The maximum Gasteiger partial charge on any atom is 0.222 e. The van der Waals surface area contributed by atoms with Crippen LogP contribution in [0, 0.1) is 5.92 Å². The molecule has 0 saturated carbocycles. The van der Waals surface area contributed by atoms with Gasteiger partial charge < -0.3 is 4.90 Å². The van der Waals surface area contributed by atoms with Crippen LogP contribution in [0.15, 0.2) is 33.8 Å². The van der Waals surface area contributed by atoms with Crippen molar-refractivity contribution in [2.75, 3.05) is 6.54 Å². The molecule has 0 aromatic rings. The molecule has 4 heterocycles. The average Bonchev–Trinajstić information content (AvgIpc) is 2.99. The quantitative estimate of drug-likeness (QED) is 0.683. The van der Waals surface area contributed by atoms with Gasteiger partial charge in [-0.15, -0.1) is 4.00 Å². The Labute approximate surface area is 122 Å². The highest BCUT2D eigenvalue weighted by Crippen LogP contribution is 2.40.